The van der Waals surface area contributed by atoms with Gasteiger partial charge in [-0.25, -0.2) is 27.3 Å². The number of hydrogen-bond acceptors (Lipinski definition) is 4. The number of halogens is 2. The molecule has 0 aliphatic rings. The molecular formula is C11H9F2N3O2S. The van der Waals surface area contributed by atoms with Crippen LogP contribution >= 0.6 is 0 Å². The number of rotatable bonds is 3. The number of aromatic nitrogens is 1. The van der Waals surface area contributed by atoms with Gasteiger partial charge in [0.05, 0.1) is 0 Å². The Balaban J connectivity index is 2.41. The minimum absolute atomic E-state index is 0.0593. The Morgan fingerprint density at radius 3 is 2.53 bits per heavy atom. The topological polar surface area (TPSA) is 85.1 Å². The van der Waals surface area contributed by atoms with Crippen molar-refractivity contribution in [2.45, 2.75) is 4.90 Å². The Bertz CT molecular complexity index is 720. The average Bonchev–Trinajstić information content (AvgIpc) is 2.33. The summed E-state index contributed by atoms with van der Waals surface area (Å²) in [4.78, 5) is 3.57. The number of pyridine rings is 1. The first-order valence-corrected chi connectivity index (χ1v) is 6.62. The molecule has 3 N–H and O–H groups in total. The standard InChI is InChI=1S/C11H9F2N3O2S/c12-8-4-3-7(6-9(8)13)16-11-10(19(14,17)18)2-1-5-15-11/h1-6H,(H,15,16)(H2,14,17,18). The Morgan fingerprint density at radius 1 is 1.16 bits per heavy atom. The number of anilines is 2. The number of benzene rings is 1. The highest BCUT2D eigenvalue weighted by molar-refractivity contribution is 7.89. The molecule has 5 nitrogen and oxygen atoms in total. The van der Waals surface area contributed by atoms with Crippen LogP contribution in [0.3, 0.4) is 0 Å². The lowest BCUT2D eigenvalue weighted by Gasteiger charge is -2.09. The van der Waals surface area contributed by atoms with E-state index in [2.05, 4.69) is 10.3 Å². The van der Waals surface area contributed by atoms with Gasteiger partial charge in [-0.3, -0.25) is 0 Å². The molecule has 19 heavy (non-hydrogen) atoms. The largest absolute Gasteiger partial charge is 0.339 e. The van der Waals surface area contributed by atoms with Crippen LogP contribution in [-0.4, -0.2) is 13.4 Å². The van der Waals surface area contributed by atoms with Crippen LogP contribution in [0.4, 0.5) is 20.3 Å². The quantitative estimate of drug-likeness (QED) is 0.899. The first-order chi connectivity index (χ1) is 8.88. The third kappa shape index (κ3) is 3.04. The molecule has 0 saturated heterocycles. The lowest BCUT2D eigenvalue weighted by molar-refractivity contribution is 0.509. The van der Waals surface area contributed by atoms with E-state index in [1.807, 2.05) is 0 Å². The van der Waals surface area contributed by atoms with E-state index in [-0.39, 0.29) is 16.4 Å². The van der Waals surface area contributed by atoms with Crippen molar-refractivity contribution < 1.29 is 17.2 Å². The van der Waals surface area contributed by atoms with E-state index in [4.69, 9.17) is 5.14 Å². The third-order valence-electron chi connectivity index (χ3n) is 2.26. The van der Waals surface area contributed by atoms with Crippen molar-refractivity contribution >= 4 is 21.5 Å². The molecule has 0 spiro atoms. The van der Waals surface area contributed by atoms with E-state index in [9.17, 15) is 17.2 Å². The number of primary sulfonamides is 1. The molecule has 2 aromatic rings. The minimum atomic E-state index is -3.96. The van der Waals surface area contributed by atoms with Crippen molar-refractivity contribution in [3.63, 3.8) is 0 Å². The molecule has 100 valence electrons. The predicted molar refractivity (Wildman–Crippen MR) is 65.3 cm³/mol. The number of nitrogens with one attached hydrogen (secondary N) is 1. The number of nitrogens with zero attached hydrogens (tertiary/aromatic N) is 1. The maximum Gasteiger partial charge on any atom is 0.241 e. The molecular weight excluding hydrogens is 276 g/mol. The van der Waals surface area contributed by atoms with Gasteiger partial charge in [-0.2, -0.15) is 0 Å². The molecule has 1 aromatic heterocycles. The summed E-state index contributed by atoms with van der Waals surface area (Å²) >= 11 is 0. The highest BCUT2D eigenvalue weighted by Gasteiger charge is 2.15. The number of hydrogen-bond donors (Lipinski definition) is 2. The fourth-order valence-corrected chi connectivity index (χ4v) is 2.07. The van der Waals surface area contributed by atoms with E-state index in [1.165, 1.54) is 24.4 Å². The second-order valence-corrected chi connectivity index (χ2v) is 5.18. The van der Waals surface area contributed by atoms with Crippen LogP contribution in [0.5, 0.6) is 0 Å². The van der Waals surface area contributed by atoms with E-state index >= 15 is 0 Å². The van der Waals surface area contributed by atoms with Gasteiger partial charge in [0.1, 0.15) is 4.90 Å². The molecule has 2 rings (SSSR count). The molecule has 0 unspecified atom stereocenters. The summed E-state index contributed by atoms with van der Waals surface area (Å²) in [5.74, 6) is -2.12. The summed E-state index contributed by atoms with van der Waals surface area (Å²) in [5, 5.41) is 7.59. The van der Waals surface area contributed by atoms with E-state index in [1.54, 1.807) is 0 Å². The molecule has 0 aliphatic carbocycles. The van der Waals surface area contributed by atoms with Crippen LogP contribution in [0.1, 0.15) is 0 Å². The van der Waals surface area contributed by atoms with E-state index in [0.717, 1.165) is 12.1 Å². The molecule has 0 bridgehead atoms. The second kappa shape index (κ2) is 4.90. The van der Waals surface area contributed by atoms with Gasteiger partial charge >= 0.3 is 0 Å². The lowest BCUT2D eigenvalue weighted by Crippen LogP contribution is -2.14. The van der Waals surface area contributed by atoms with Crippen LogP contribution in [0.25, 0.3) is 0 Å². The summed E-state index contributed by atoms with van der Waals surface area (Å²) in [7, 11) is -3.96. The summed E-state index contributed by atoms with van der Waals surface area (Å²) < 4.78 is 48.5. The fraction of sp³-hybridized carbons (Fsp3) is 0. The smallest absolute Gasteiger partial charge is 0.241 e. The Labute approximate surface area is 108 Å². The summed E-state index contributed by atoms with van der Waals surface area (Å²) in [6.07, 6.45) is 1.34. The van der Waals surface area contributed by atoms with E-state index in [0.29, 0.717) is 0 Å². The zero-order valence-corrected chi connectivity index (χ0v) is 10.3. The lowest BCUT2D eigenvalue weighted by atomic mass is 10.3. The molecule has 0 aliphatic heterocycles. The van der Waals surface area contributed by atoms with Crippen molar-refractivity contribution in [1.29, 1.82) is 0 Å². The normalized spacial score (nSPS) is 11.3. The average molecular weight is 285 g/mol. The zero-order chi connectivity index (χ0) is 14.0. The molecule has 1 heterocycles. The SMILES string of the molecule is NS(=O)(=O)c1cccnc1Nc1ccc(F)c(F)c1. The van der Waals surface area contributed by atoms with Crippen LogP contribution < -0.4 is 10.5 Å². The number of nitrogens with two attached hydrogens (primary N) is 1. The summed E-state index contributed by atoms with van der Waals surface area (Å²) in [6, 6.07) is 5.70. The van der Waals surface area contributed by atoms with Gasteiger partial charge < -0.3 is 5.32 Å². The monoisotopic (exact) mass is 285 g/mol. The highest BCUT2D eigenvalue weighted by Crippen LogP contribution is 2.22. The molecule has 0 radical (unpaired) electrons. The van der Waals surface area contributed by atoms with Crippen molar-refractivity contribution in [1.82, 2.24) is 4.98 Å². The van der Waals surface area contributed by atoms with Gasteiger partial charge in [0, 0.05) is 18.0 Å². The summed E-state index contributed by atoms with van der Waals surface area (Å²) in [5.41, 5.74) is 0.155. The van der Waals surface area contributed by atoms with Gasteiger partial charge in [0.2, 0.25) is 10.0 Å². The van der Waals surface area contributed by atoms with Crippen molar-refractivity contribution in [2.75, 3.05) is 5.32 Å². The summed E-state index contributed by atoms with van der Waals surface area (Å²) in [6.45, 7) is 0. The van der Waals surface area contributed by atoms with Crippen molar-refractivity contribution in [3.8, 4) is 0 Å². The van der Waals surface area contributed by atoms with Crippen molar-refractivity contribution in [2.24, 2.45) is 5.14 Å². The molecule has 0 saturated carbocycles. The van der Waals surface area contributed by atoms with Crippen LogP contribution in [0.15, 0.2) is 41.4 Å². The van der Waals surface area contributed by atoms with Crippen LogP contribution in [0, 0.1) is 11.6 Å². The number of sulfonamides is 1. The van der Waals surface area contributed by atoms with Crippen LogP contribution in [-0.2, 0) is 10.0 Å². The van der Waals surface area contributed by atoms with Gasteiger partial charge in [-0.05, 0) is 24.3 Å². The first-order valence-electron chi connectivity index (χ1n) is 5.08. The van der Waals surface area contributed by atoms with Gasteiger partial charge in [-0.1, -0.05) is 0 Å². The zero-order valence-electron chi connectivity index (χ0n) is 9.47. The Morgan fingerprint density at radius 2 is 1.89 bits per heavy atom. The maximum absolute atomic E-state index is 13.0. The van der Waals surface area contributed by atoms with Crippen molar-refractivity contribution in [3.05, 3.63) is 48.2 Å². The molecule has 0 atom stereocenters. The predicted octanol–water partition coefficient (Wildman–Crippen LogP) is 1.75. The highest BCUT2D eigenvalue weighted by atomic mass is 32.2. The minimum Gasteiger partial charge on any atom is -0.339 e. The van der Waals surface area contributed by atoms with Gasteiger partial charge in [0.15, 0.2) is 17.5 Å². The molecule has 0 fully saturated rings. The molecule has 0 amide bonds. The molecule has 8 heteroatoms. The van der Waals surface area contributed by atoms with E-state index < -0.39 is 21.7 Å². The third-order valence-corrected chi connectivity index (χ3v) is 3.20. The van der Waals surface area contributed by atoms with Gasteiger partial charge in [0.25, 0.3) is 0 Å². The molecule has 1 aromatic carbocycles. The maximum atomic E-state index is 13.0. The van der Waals surface area contributed by atoms with Crippen LogP contribution in [0.2, 0.25) is 0 Å². The van der Waals surface area contributed by atoms with Gasteiger partial charge in [-0.15, -0.1) is 0 Å². The second-order valence-electron chi connectivity index (χ2n) is 3.65. The Kier molecular flexibility index (Phi) is 3.45. The fourth-order valence-electron chi connectivity index (χ4n) is 1.42. The Hall–Kier alpha value is -2.06. The first kappa shape index (κ1) is 13.4.